The molecule has 0 saturated heterocycles. The fourth-order valence-electron chi connectivity index (χ4n) is 1.19. The summed E-state index contributed by atoms with van der Waals surface area (Å²) in [5.74, 6) is 0. The van der Waals surface area contributed by atoms with Gasteiger partial charge in [0.15, 0.2) is 0 Å². The Morgan fingerprint density at radius 1 is 1.36 bits per heavy atom. The minimum atomic E-state index is -0.303. The van der Waals surface area contributed by atoms with E-state index >= 15 is 0 Å². The summed E-state index contributed by atoms with van der Waals surface area (Å²) in [4.78, 5) is 0. The summed E-state index contributed by atoms with van der Waals surface area (Å²) in [5, 5.41) is 9.13. The van der Waals surface area contributed by atoms with Crippen molar-refractivity contribution in [3.63, 3.8) is 0 Å². The molecule has 0 aromatic carbocycles. The maximum absolute atomic E-state index is 9.13. The zero-order valence-corrected chi connectivity index (χ0v) is 7.37. The van der Waals surface area contributed by atoms with Gasteiger partial charge in [-0.2, -0.15) is 0 Å². The molecule has 11 heavy (non-hydrogen) atoms. The number of rotatable bonds is 1. The highest BCUT2D eigenvalue weighted by molar-refractivity contribution is 5.04. The lowest BCUT2D eigenvalue weighted by Crippen LogP contribution is -2.26. The van der Waals surface area contributed by atoms with Crippen LogP contribution in [-0.2, 0) is 4.74 Å². The van der Waals surface area contributed by atoms with Crippen LogP contribution in [0.15, 0.2) is 12.2 Å². The van der Waals surface area contributed by atoms with Crippen molar-refractivity contribution >= 4 is 0 Å². The molecule has 0 bridgehead atoms. The average molecular weight is 156 g/mol. The van der Waals surface area contributed by atoms with Crippen molar-refractivity contribution in [2.24, 2.45) is 0 Å². The third-order valence-corrected chi connectivity index (χ3v) is 1.53. The minimum Gasteiger partial charge on any atom is -0.389 e. The summed E-state index contributed by atoms with van der Waals surface area (Å²) >= 11 is 0. The van der Waals surface area contributed by atoms with Gasteiger partial charge in [-0.05, 0) is 20.8 Å². The van der Waals surface area contributed by atoms with Gasteiger partial charge in [-0.15, -0.1) is 0 Å². The van der Waals surface area contributed by atoms with Crippen molar-refractivity contribution in [1.82, 2.24) is 0 Å². The molecule has 2 atom stereocenters. The van der Waals surface area contributed by atoms with Gasteiger partial charge < -0.3 is 9.84 Å². The van der Waals surface area contributed by atoms with Crippen molar-refractivity contribution in [2.75, 3.05) is 0 Å². The lowest BCUT2D eigenvalue weighted by molar-refractivity contribution is -0.0449. The molecule has 0 unspecified atom stereocenters. The molecule has 0 amide bonds. The molecule has 1 rings (SSSR count). The molecule has 1 N–H and O–H groups in total. The fraction of sp³-hybridized carbons (Fsp3) is 0.778. The molecule has 0 radical (unpaired) electrons. The Kier molecular flexibility index (Phi) is 2.35. The van der Waals surface area contributed by atoms with E-state index in [-0.39, 0.29) is 17.8 Å². The second kappa shape index (κ2) is 2.95. The Hall–Kier alpha value is -0.340. The summed E-state index contributed by atoms with van der Waals surface area (Å²) in [6.07, 6.45) is 4.22. The number of aliphatic hydroxyl groups excluding tert-OH is 1. The van der Waals surface area contributed by atoms with Crippen LogP contribution in [0.2, 0.25) is 0 Å². The molecular weight excluding hydrogens is 140 g/mol. The van der Waals surface area contributed by atoms with Crippen LogP contribution in [0, 0.1) is 0 Å². The van der Waals surface area contributed by atoms with Gasteiger partial charge in [0.2, 0.25) is 0 Å². The van der Waals surface area contributed by atoms with Crippen LogP contribution in [0.5, 0.6) is 0 Å². The molecule has 0 saturated carbocycles. The SMILES string of the molecule is CC(C)(C)O[C@H]1C=C[C@@H](O)C1. The second-order valence-electron chi connectivity index (χ2n) is 3.96. The van der Waals surface area contributed by atoms with Crippen molar-refractivity contribution in [1.29, 1.82) is 0 Å². The quantitative estimate of drug-likeness (QED) is 0.583. The number of ether oxygens (including phenoxy) is 1. The first kappa shape index (κ1) is 8.75. The minimum absolute atomic E-state index is 0.102. The van der Waals surface area contributed by atoms with Crippen molar-refractivity contribution in [2.45, 2.75) is 45.0 Å². The molecule has 0 heterocycles. The van der Waals surface area contributed by atoms with E-state index < -0.39 is 0 Å². The van der Waals surface area contributed by atoms with E-state index in [0.717, 1.165) is 0 Å². The Bertz CT molecular complexity index is 155. The van der Waals surface area contributed by atoms with Crippen LogP contribution in [-0.4, -0.2) is 22.9 Å². The van der Waals surface area contributed by atoms with E-state index in [1.807, 2.05) is 26.8 Å². The molecule has 1 aliphatic carbocycles. The van der Waals surface area contributed by atoms with Gasteiger partial charge in [0.25, 0.3) is 0 Å². The third-order valence-electron chi connectivity index (χ3n) is 1.53. The maximum atomic E-state index is 9.13. The number of hydrogen-bond acceptors (Lipinski definition) is 2. The highest BCUT2D eigenvalue weighted by Gasteiger charge is 2.22. The fourth-order valence-corrected chi connectivity index (χ4v) is 1.19. The second-order valence-corrected chi connectivity index (χ2v) is 3.96. The lowest BCUT2D eigenvalue weighted by Gasteiger charge is -2.23. The van der Waals surface area contributed by atoms with Crippen LogP contribution < -0.4 is 0 Å². The first-order valence-corrected chi connectivity index (χ1v) is 4.01. The zero-order chi connectivity index (χ0) is 8.48. The first-order chi connectivity index (χ1) is 4.97. The molecule has 0 aromatic heterocycles. The van der Waals surface area contributed by atoms with Gasteiger partial charge in [0, 0.05) is 6.42 Å². The number of hydrogen-bond donors (Lipinski definition) is 1. The van der Waals surface area contributed by atoms with Gasteiger partial charge in [-0.25, -0.2) is 0 Å². The Morgan fingerprint density at radius 3 is 2.36 bits per heavy atom. The Labute approximate surface area is 67.9 Å². The largest absolute Gasteiger partial charge is 0.389 e. The van der Waals surface area contributed by atoms with Gasteiger partial charge in [-0.1, -0.05) is 12.2 Å². The van der Waals surface area contributed by atoms with Crippen molar-refractivity contribution < 1.29 is 9.84 Å². The van der Waals surface area contributed by atoms with E-state index in [9.17, 15) is 0 Å². The topological polar surface area (TPSA) is 29.5 Å². The van der Waals surface area contributed by atoms with Gasteiger partial charge >= 0.3 is 0 Å². The van der Waals surface area contributed by atoms with Crippen LogP contribution in [0.25, 0.3) is 0 Å². The van der Waals surface area contributed by atoms with Gasteiger partial charge in [0.1, 0.15) is 0 Å². The van der Waals surface area contributed by atoms with Crippen LogP contribution in [0.3, 0.4) is 0 Å². The molecule has 0 spiro atoms. The van der Waals surface area contributed by atoms with Crippen LogP contribution >= 0.6 is 0 Å². The van der Waals surface area contributed by atoms with Crippen molar-refractivity contribution in [3.8, 4) is 0 Å². The van der Waals surface area contributed by atoms with E-state index in [1.54, 1.807) is 6.08 Å². The average Bonchev–Trinajstić information content (AvgIpc) is 2.10. The van der Waals surface area contributed by atoms with E-state index in [1.165, 1.54) is 0 Å². The smallest absolute Gasteiger partial charge is 0.0791 e. The third kappa shape index (κ3) is 3.04. The van der Waals surface area contributed by atoms with Crippen LogP contribution in [0.1, 0.15) is 27.2 Å². The molecule has 1 aliphatic rings. The van der Waals surface area contributed by atoms with Crippen LogP contribution in [0.4, 0.5) is 0 Å². The molecule has 0 fully saturated rings. The summed E-state index contributed by atoms with van der Waals surface area (Å²) in [6, 6.07) is 0. The monoisotopic (exact) mass is 156 g/mol. The molecular formula is C9H16O2. The predicted molar refractivity (Wildman–Crippen MR) is 44.4 cm³/mol. The first-order valence-electron chi connectivity index (χ1n) is 4.01. The standard InChI is InChI=1S/C9H16O2/c1-9(2,3)11-8-5-4-7(10)6-8/h4-5,7-8,10H,6H2,1-3H3/t7-,8+/m1/s1. The summed E-state index contributed by atoms with van der Waals surface area (Å²) in [6.45, 7) is 6.06. The Morgan fingerprint density at radius 2 is 2.00 bits per heavy atom. The zero-order valence-electron chi connectivity index (χ0n) is 7.37. The van der Waals surface area contributed by atoms with Gasteiger partial charge in [-0.3, -0.25) is 0 Å². The molecule has 0 aliphatic heterocycles. The lowest BCUT2D eigenvalue weighted by atomic mass is 10.1. The summed E-state index contributed by atoms with van der Waals surface area (Å²) in [7, 11) is 0. The molecule has 0 aromatic rings. The molecule has 2 nitrogen and oxygen atoms in total. The van der Waals surface area contributed by atoms with E-state index in [0.29, 0.717) is 6.42 Å². The van der Waals surface area contributed by atoms with E-state index in [2.05, 4.69) is 0 Å². The Balaban J connectivity index is 2.36. The van der Waals surface area contributed by atoms with Crippen molar-refractivity contribution in [3.05, 3.63) is 12.2 Å². The predicted octanol–water partition coefficient (Wildman–Crippen LogP) is 1.49. The maximum Gasteiger partial charge on any atom is 0.0791 e. The number of aliphatic hydroxyl groups is 1. The molecule has 2 heteroatoms. The summed E-state index contributed by atoms with van der Waals surface area (Å²) in [5.41, 5.74) is -0.112. The van der Waals surface area contributed by atoms with E-state index in [4.69, 9.17) is 9.84 Å². The van der Waals surface area contributed by atoms with Gasteiger partial charge in [0.05, 0.1) is 17.8 Å². The highest BCUT2D eigenvalue weighted by Crippen LogP contribution is 2.20. The normalized spacial score (nSPS) is 31.3. The summed E-state index contributed by atoms with van der Waals surface area (Å²) < 4.78 is 5.62. The highest BCUT2D eigenvalue weighted by atomic mass is 16.5. The molecule has 64 valence electrons.